The van der Waals surface area contributed by atoms with Gasteiger partial charge in [0.25, 0.3) is 0 Å². The average molecular weight is 453 g/mol. The molecule has 1 aromatic rings. The molecule has 3 rings (SSSR count). The van der Waals surface area contributed by atoms with E-state index in [1.807, 2.05) is 24.3 Å². The number of hydrogen-bond acceptors (Lipinski definition) is 5. The molecule has 2 aliphatic heterocycles. The molecule has 1 aromatic carbocycles. The Kier molecular flexibility index (Phi) is 7.18. The molecule has 2 atom stereocenters. The molecule has 2 N–H and O–H groups in total. The van der Waals surface area contributed by atoms with Gasteiger partial charge in [-0.25, -0.2) is 17.9 Å². The van der Waals surface area contributed by atoms with Crippen LogP contribution in [0.3, 0.4) is 0 Å². The highest BCUT2D eigenvalue weighted by atomic mass is 32.2. The number of benzene rings is 1. The quantitative estimate of drug-likeness (QED) is 0.733. The number of ether oxygens (including phenoxy) is 1. The van der Waals surface area contributed by atoms with E-state index in [0.717, 1.165) is 24.5 Å². The largest absolute Gasteiger partial charge is 0.372 e. The maximum atomic E-state index is 12.6. The second kappa shape index (κ2) is 9.34. The van der Waals surface area contributed by atoms with Gasteiger partial charge in [-0.1, -0.05) is 0 Å². The minimum Gasteiger partial charge on any atom is -0.372 e. The molecule has 2 aliphatic rings. The van der Waals surface area contributed by atoms with E-state index in [2.05, 4.69) is 28.8 Å². The fourth-order valence-corrected chi connectivity index (χ4v) is 4.97. The van der Waals surface area contributed by atoms with Crippen molar-refractivity contribution in [2.24, 2.45) is 0 Å². The second-order valence-corrected chi connectivity index (χ2v) is 12.1. The normalized spacial score (nSPS) is 23.6. The lowest BCUT2D eigenvalue weighted by atomic mass is 10.1. The number of nitrogens with one attached hydrogen (secondary N) is 2. The second-order valence-electron chi connectivity index (χ2n) is 9.63. The van der Waals surface area contributed by atoms with Gasteiger partial charge in [-0.15, -0.1) is 0 Å². The fraction of sp³-hybridized carbons (Fsp3) is 0.682. The van der Waals surface area contributed by atoms with Crippen LogP contribution < -0.4 is 14.9 Å². The van der Waals surface area contributed by atoms with Crippen molar-refractivity contribution in [2.45, 2.75) is 70.5 Å². The standard InChI is InChI=1S/C22H36N4O4S/c1-16-14-26(15-17(2)30-16)20-8-6-18(7-9-20)23-21(27)25-12-10-19(11-13-25)24-31(28,29)22(3,4)5/h6-9,16-17,19,24H,10-15H2,1-5H3,(H,23,27)/t16-,17+. The average Bonchev–Trinajstić information content (AvgIpc) is 2.67. The Morgan fingerprint density at radius 2 is 1.58 bits per heavy atom. The molecule has 8 nitrogen and oxygen atoms in total. The molecule has 2 saturated heterocycles. The molecule has 0 spiro atoms. The summed E-state index contributed by atoms with van der Waals surface area (Å²) >= 11 is 0. The van der Waals surface area contributed by atoms with Gasteiger partial charge >= 0.3 is 6.03 Å². The number of urea groups is 1. The monoisotopic (exact) mass is 452 g/mol. The summed E-state index contributed by atoms with van der Waals surface area (Å²) in [5.74, 6) is 0. The maximum Gasteiger partial charge on any atom is 0.321 e. The van der Waals surface area contributed by atoms with E-state index in [1.54, 1.807) is 25.7 Å². The molecular formula is C22H36N4O4S. The third-order valence-electron chi connectivity index (χ3n) is 5.81. The van der Waals surface area contributed by atoms with Crippen LogP contribution in [0.25, 0.3) is 0 Å². The summed E-state index contributed by atoms with van der Waals surface area (Å²) in [5, 5.41) is 2.95. The Balaban J connectivity index is 1.50. The summed E-state index contributed by atoms with van der Waals surface area (Å²) in [6.07, 6.45) is 1.60. The van der Waals surface area contributed by atoms with Crippen molar-refractivity contribution in [2.75, 3.05) is 36.4 Å². The maximum absolute atomic E-state index is 12.6. The van der Waals surface area contributed by atoms with Crippen LogP contribution >= 0.6 is 0 Å². The van der Waals surface area contributed by atoms with Gasteiger partial charge in [0.15, 0.2) is 0 Å². The van der Waals surface area contributed by atoms with Crippen LogP contribution in [0.15, 0.2) is 24.3 Å². The molecular weight excluding hydrogens is 416 g/mol. The Bertz CT molecular complexity index is 848. The number of morpholine rings is 1. The smallest absolute Gasteiger partial charge is 0.321 e. The van der Waals surface area contributed by atoms with Gasteiger partial charge in [0, 0.05) is 43.6 Å². The number of carbonyl (C=O) groups excluding carboxylic acids is 1. The summed E-state index contributed by atoms with van der Waals surface area (Å²) in [4.78, 5) is 16.7. The summed E-state index contributed by atoms with van der Waals surface area (Å²) in [5.41, 5.74) is 1.87. The van der Waals surface area contributed by atoms with Crippen molar-refractivity contribution in [3.63, 3.8) is 0 Å². The lowest BCUT2D eigenvalue weighted by Crippen LogP contribution is -2.50. The van der Waals surface area contributed by atoms with E-state index in [-0.39, 0.29) is 24.3 Å². The number of likely N-dealkylation sites (tertiary alicyclic amines) is 1. The van der Waals surface area contributed by atoms with Crippen LogP contribution in [-0.4, -0.2) is 68.5 Å². The van der Waals surface area contributed by atoms with Gasteiger partial charge in [-0.3, -0.25) is 0 Å². The van der Waals surface area contributed by atoms with Crippen molar-refractivity contribution in [3.8, 4) is 0 Å². The van der Waals surface area contributed by atoms with Crippen molar-refractivity contribution < 1.29 is 17.9 Å². The molecule has 0 bridgehead atoms. The van der Waals surface area contributed by atoms with Gasteiger partial charge in [0.1, 0.15) is 0 Å². The first kappa shape index (κ1) is 23.8. The molecule has 2 heterocycles. The van der Waals surface area contributed by atoms with Crippen LogP contribution in [0, 0.1) is 0 Å². The number of rotatable bonds is 4. The van der Waals surface area contributed by atoms with Crippen LogP contribution in [0.5, 0.6) is 0 Å². The first-order chi connectivity index (χ1) is 14.4. The predicted octanol–water partition coefficient (Wildman–Crippen LogP) is 3.01. The molecule has 9 heteroatoms. The third kappa shape index (κ3) is 6.11. The number of piperidine rings is 1. The zero-order chi connectivity index (χ0) is 22.8. The molecule has 174 valence electrons. The van der Waals surface area contributed by atoms with Crippen molar-refractivity contribution in [1.82, 2.24) is 9.62 Å². The SMILES string of the molecule is C[C@@H]1CN(c2ccc(NC(=O)N3CCC(NS(=O)(=O)C(C)(C)C)CC3)cc2)C[C@H](C)O1. The Morgan fingerprint density at radius 1 is 1.03 bits per heavy atom. The number of nitrogens with zero attached hydrogens (tertiary/aromatic N) is 2. The Morgan fingerprint density at radius 3 is 2.10 bits per heavy atom. The van der Waals surface area contributed by atoms with E-state index in [0.29, 0.717) is 25.9 Å². The highest BCUT2D eigenvalue weighted by Gasteiger charge is 2.33. The topological polar surface area (TPSA) is 91.0 Å². The lowest BCUT2D eigenvalue weighted by molar-refractivity contribution is -0.00521. The predicted molar refractivity (Wildman–Crippen MR) is 124 cm³/mol. The van der Waals surface area contributed by atoms with Gasteiger partial charge in [-0.2, -0.15) is 0 Å². The Labute approximate surface area is 186 Å². The summed E-state index contributed by atoms with van der Waals surface area (Å²) in [7, 11) is -3.39. The number of anilines is 2. The van der Waals surface area contributed by atoms with Crippen LogP contribution in [0.1, 0.15) is 47.5 Å². The number of hydrogen-bond donors (Lipinski definition) is 2. The fourth-order valence-electron chi connectivity index (χ4n) is 3.94. The highest BCUT2D eigenvalue weighted by molar-refractivity contribution is 7.90. The molecule has 0 aliphatic carbocycles. The van der Waals surface area contributed by atoms with Crippen molar-refractivity contribution in [3.05, 3.63) is 24.3 Å². The zero-order valence-electron chi connectivity index (χ0n) is 19.2. The van der Waals surface area contributed by atoms with E-state index in [9.17, 15) is 13.2 Å². The Hall–Kier alpha value is -1.84. The molecule has 31 heavy (non-hydrogen) atoms. The highest BCUT2D eigenvalue weighted by Crippen LogP contribution is 2.23. The minimum atomic E-state index is -3.39. The lowest BCUT2D eigenvalue weighted by Gasteiger charge is -2.37. The van der Waals surface area contributed by atoms with Gasteiger partial charge in [-0.05, 0) is 71.7 Å². The van der Waals surface area contributed by atoms with Gasteiger partial charge < -0.3 is 19.9 Å². The van der Waals surface area contributed by atoms with Crippen LogP contribution in [0.4, 0.5) is 16.2 Å². The first-order valence-electron chi connectivity index (χ1n) is 11.0. The van der Waals surface area contributed by atoms with Gasteiger partial charge in [0.05, 0.1) is 17.0 Å². The summed E-state index contributed by atoms with van der Waals surface area (Å²) < 4.78 is 32.4. The molecule has 0 saturated carbocycles. The number of carbonyl (C=O) groups is 1. The summed E-state index contributed by atoms with van der Waals surface area (Å²) in [6, 6.07) is 7.59. The third-order valence-corrected chi connectivity index (χ3v) is 8.07. The minimum absolute atomic E-state index is 0.133. The van der Waals surface area contributed by atoms with Crippen LogP contribution in [0.2, 0.25) is 0 Å². The van der Waals surface area contributed by atoms with Crippen molar-refractivity contribution in [1.29, 1.82) is 0 Å². The number of amides is 2. The van der Waals surface area contributed by atoms with E-state index < -0.39 is 14.8 Å². The van der Waals surface area contributed by atoms with Crippen molar-refractivity contribution >= 4 is 27.4 Å². The van der Waals surface area contributed by atoms with Gasteiger partial charge in [0.2, 0.25) is 10.0 Å². The van der Waals surface area contributed by atoms with E-state index in [4.69, 9.17) is 4.74 Å². The summed E-state index contributed by atoms with van der Waals surface area (Å²) in [6.45, 7) is 11.9. The molecule has 0 aromatic heterocycles. The molecule has 2 amide bonds. The van der Waals surface area contributed by atoms with E-state index >= 15 is 0 Å². The number of sulfonamides is 1. The molecule has 0 unspecified atom stereocenters. The first-order valence-corrected chi connectivity index (χ1v) is 12.5. The molecule has 2 fully saturated rings. The van der Waals surface area contributed by atoms with E-state index in [1.165, 1.54) is 0 Å². The van der Waals surface area contributed by atoms with Crippen LogP contribution in [-0.2, 0) is 14.8 Å². The zero-order valence-corrected chi connectivity index (χ0v) is 20.0. The molecule has 0 radical (unpaired) electrons.